The number of aromatic nitrogens is 2. The molecule has 2 aromatic rings. The number of rotatable bonds is 8. The second-order valence-corrected chi connectivity index (χ2v) is 6.14. The van der Waals surface area contributed by atoms with Crippen molar-refractivity contribution in [1.29, 1.82) is 0 Å². The van der Waals surface area contributed by atoms with Crippen LogP contribution in [0, 0.1) is 11.6 Å². The third-order valence-corrected chi connectivity index (χ3v) is 4.28. The van der Waals surface area contributed by atoms with Crippen molar-refractivity contribution in [3.63, 3.8) is 0 Å². The molecule has 0 bridgehead atoms. The van der Waals surface area contributed by atoms with Gasteiger partial charge in [-0.3, -0.25) is 9.69 Å². The van der Waals surface area contributed by atoms with Crippen LogP contribution in [0.2, 0.25) is 0 Å². The second kappa shape index (κ2) is 8.61. The van der Waals surface area contributed by atoms with Crippen LogP contribution in [0.5, 0.6) is 5.75 Å². The maximum atomic E-state index is 13.2. The van der Waals surface area contributed by atoms with E-state index >= 15 is 0 Å². The molecule has 0 spiro atoms. The highest BCUT2D eigenvalue weighted by Gasteiger charge is 2.31. The molecule has 0 unspecified atom stereocenters. The number of nitrogens with zero attached hydrogens (tertiary/aromatic N) is 4. The van der Waals surface area contributed by atoms with Crippen molar-refractivity contribution in [2.45, 2.75) is 19.4 Å². The summed E-state index contributed by atoms with van der Waals surface area (Å²) in [5, 5.41) is 0. The van der Waals surface area contributed by atoms with Gasteiger partial charge in [0.1, 0.15) is 12.4 Å². The number of carbonyl (C=O) groups is 2. The number of hydrogen-bond acceptors (Lipinski definition) is 4. The molecule has 0 N–H and O–H groups in total. The maximum Gasteiger partial charge on any atom is 0.326 e. The fraction of sp³-hybridized carbons (Fsp3) is 0.389. The Balaban J connectivity index is 1.48. The van der Waals surface area contributed by atoms with Gasteiger partial charge >= 0.3 is 6.03 Å². The van der Waals surface area contributed by atoms with E-state index in [9.17, 15) is 18.4 Å². The molecule has 0 radical (unpaired) electrons. The van der Waals surface area contributed by atoms with Crippen LogP contribution in [0.25, 0.3) is 0 Å². The predicted molar refractivity (Wildman–Crippen MR) is 92.0 cm³/mol. The Morgan fingerprint density at radius 1 is 1.11 bits per heavy atom. The molecule has 3 amide bonds. The van der Waals surface area contributed by atoms with Crippen LogP contribution in [0.15, 0.2) is 36.9 Å². The average Bonchev–Trinajstić information content (AvgIpc) is 3.16. The lowest BCUT2D eigenvalue weighted by atomic mass is 10.2. The van der Waals surface area contributed by atoms with Gasteiger partial charge in [-0.1, -0.05) is 0 Å². The van der Waals surface area contributed by atoms with E-state index in [4.69, 9.17) is 4.74 Å². The molecule has 9 heteroatoms. The Hall–Kier alpha value is -2.97. The molecule has 0 saturated carbocycles. The highest BCUT2D eigenvalue weighted by Crippen LogP contribution is 2.16. The topological polar surface area (TPSA) is 67.7 Å². The van der Waals surface area contributed by atoms with Gasteiger partial charge in [-0.25, -0.2) is 18.6 Å². The summed E-state index contributed by atoms with van der Waals surface area (Å²) >= 11 is 0. The van der Waals surface area contributed by atoms with Crippen LogP contribution in [0.1, 0.15) is 12.8 Å². The molecular formula is C18H20F2N4O3. The summed E-state index contributed by atoms with van der Waals surface area (Å²) in [4.78, 5) is 31.3. The summed E-state index contributed by atoms with van der Waals surface area (Å²) < 4.78 is 33.3. The van der Waals surface area contributed by atoms with Gasteiger partial charge in [0.05, 0.1) is 12.9 Å². The number of hydrogen-bond donors (Lipinski definition) is 0. The Morgan fingerprint density at radius 2 is 1.96 bits per heavy atom. The van der Waals surface area contributed by atoms with Crippen molar-refractivity contribution < 1.29 is 23.1 Å². The number of halogens is 2. The summed E-state index contributed by atoms with van der Waals surface area (Å²) in [6, 6.07) is 2.83. The van der Waals surface area contributed by atoms with Gasteiger partial charge in [0.2, 0.25) is 5.91 Å². The summed E-state index contributed by atoms with van der Waals surface area (Å²) in [6.45, 7) is 1.71. The van der Waals surface area contributed by atoms with Crippen molar-refractivity contribution >= 4 is 11.9 Å². The Bertz CT molecular complexity index is 798. The van der Waals surface area contributed by atoms with Gasteiger partial charge in [-0.15, -0.1) is 0 Å². The van der Waals surface area contributed by atoms with Crippen molar-refractivity contribution in [1.82, 2.24) is 19.4 Å². The van der Waals surface area contributed by atoms with Crippen LogP contribution in [-0.2, 0) is 11.3 Å². The Kier molecular flexibility index (Phi) is 6.00. The van der Waals surface area contributed by atoms with Crippen molar-refractivity contribution in [3.05, 3.63) is 48.6 Å². The monoisotopic (exact) mass is 378 g/mol. The highest BCUT2D eigenvalue weighted by molar-refractivity contribution is 5.96. The lowest BCUT2D eigenvalue weighted by molar-refractivity contribution is -0.131. The smallest absolute Gasteiger partial charge is 0.326 e. The molecule has 0 aliphatic carbocycles. The third-order valence-electron chi connectivity index (χ3n) is 4.28. The van der Waals surface area contributed by atoms with Crippen LogP contribution < -0.4 is 4.74 Å². The van der Waals surface area contributed by atoms with Crippen LogP contribution in [-0.4, -0.2) is 57.5 Å². The van der Waals surface area contributed by atoms with Gasteiger partial charge in [0.15, 0.2) is 11.6 Å². The van der Waals surface area contributed by atoms with E-state index < -0.39 is 11.6 Å². The van der Waals surface area contributed by atoms with Gasteiger partial charge < -0.3 is 14.2 Å². The summed E-state index contributed by atoms with van der Waals surface area (Å²) in [7, 11) is 0. The van der Waals surface area contributed by atoms with Gasteiger partial charge in [-0.2, -0.15) is 0 Å². The maximum absolute atomic E-state index is 13.2. The first-order chi connectivity index (χ1) is 13.0. The SMILES string of the molecule is O=C1CCN(CCCn2ccnc2)C(=O)N1CCOc1ccc(F)c(F)c1. The molecule has 1 aliphatic rings. The average molecular weight is 378 g/mol. The first-order valence-electron chi connectivity index (χ1n) is 8.67. The highest BCUT2D eigenvalue weighted by atomic mass is 19.2. The van der Waals surface area contributed by atoms with Crippen molar-refractivity contribution in [3.8, 4) is 5.75 Å². The van der Waals surface area contributed by atoms with E-state index in [1.807, 2.05) is 10.8 Å². The number of amides is 3. The van der Waals surface area contributed by atoms with Crippen LogP contribution >= 0.6 is 0 Å². The lowest BCUT2D eigenvalue weighted by Crippen LogP contribution is -2.53. The number of imide groups is 1. The normalized spacial score (nSPS) is 14.7. The summed E-state index contributed by atoms with van der Waals surface area (Å²) in [5.41, 5.74) is 0. The zero-order valence-electron chi connectivity index (χ0n) is 14.7. The number of ether oxygens (including phenoxy) is 1. The minimum absolute atomic E-state index is 0.00539. The Labute approximate surface area is 155 Å². The molecule has 1 aliphatic heterocycles. The molecule has 27 heavy (non-hydrogen) atoms. The van der Waals surface area contributed by atoms with Crippen molar-refractivity contribution in [2.75, 3.05) is 26.2 Å². The number of aryl methyl sites for hydroxylation is 1. The van der Waals surface area contributed by atoms with E-state index in [0.29, 0.717) is 13.1 Å². The predicted octanol–water partition coefficient (Wildman–Crippen LogP) is 2.28. The van der Waals surface area contributed by atoms with Gasteiger partial charge in [0.25, 0.3) is 0 Å². The number of imidazole rings is 1. The third kappa shape index (κ3) is 4.81. The molecule has 144 valence electrons. The molecular weight excluding hydrogens is 358 g/mol. The number of carbonyl (C=O) groups excluding carboxylic acids is 2. The molecule has 1 aromatic carbocycles. The minimum Gasteiger partial charge on any atom is -0.492 e. The molecule has 2 heterocycles. The quantitative estimate of drug-likeness (QED) is 0.707. The first-order valence-corrected chi connectivity index (χ1v) is 8.67. The van der Waals surface area contributed by atoms with Gasteiger partial charge in [-0.05, 0) is 18.6 Å². The number of urea groups is 1. The molecule has 3 rings (SSSR count). The van der Waals surface area contributed by atoms with Crippen LogP contribution in [0.4, 0.5) is 13.6 Å². The van der Waals surface area contributed by atoms with Gasteiger partial charge in [0, 0.05) is 44.5 Å². The second-order valence-electron chi connectivity index (χ2n) is 6.14. The molecule has 0 atom stereocenters. The van der Waals surface area contributed by atoms with E-state index in [2.05, 4.69) is 4.98 Å². The lowest BCUT2D eigenvalue weighted by Gasteiger charge is -2.34. The van der Waals surface area contributed by atoms with E-state index in [0.717, 1.165) is 30.0 Å². The minimum atomic E-state index is -1.01. The summed E-state index contributed by atoms with van der Waals surface area (Å²) in [6.07, 6.45) is 6.25. The Morgan fingerprint density at radius 3 is 2.70 bits per heavy atom. The largest absolute Gasteiger partial charge is 0.492 e. The van der Waals surface area contributed by atoms with Crippen molar-refractivity contribution in [2.24, 2.45) is 0 Å². The summed E-state index contributed by atoms with van der Waals surface area (Å²) in [5.74, 6) is -2.10. The fourth-order valence-corrected chi connectivity index (χ4v) is 2.85. The zero-order chi connectivity index (χ0) is 19.2. The standard InChI is InChI=1S/C18H20F2N4O3/c19-15-3-2-14(12-16(15)20)27-11-10-24-17(25)4-8-23(18(24)26)7-1-6-22-9-5-21-13-22/h2-3,5,9,12-13H,1,4,6-8,10-11H2. The van der Waals surface area contributed by atoms with E-state index in [1.165, 1.54) is 6.07 Å². The fourth-order valence-electron chi connectivity index (χ4n) is 2.85. The zero-order valence-corrected chi connectivity index (χ0v) is 14.7. The van der Waals surface area contributed by atoms with E-state index in [1.54, 1.807) is 17.4 Å². The van der Waals surface area contributed by atoms with Crippen LogP contribution in [0.3, 0.4) is 0 Å². The number of benzene rings is 1. The molecule has 7 nitrogen and oxygen atoms in total. The first kappa shape index (κ1) is 18.8. The molecule has 1 saturated heterocycles. The molecule has 1 fully saturated rings. The molecule has 1 aromatic heterocycles. The van der Waals surface area contributed by atoms with E-state index in [-0.39, 0.29) is 37.3 Å².